The van der Waals surface area contributed by atoms with Crippen LogP contribution in [0.3, 0.4) is 0 Å². The van der Waals surface area contributed by atoms with E-state index in [0.717, 1.165) is 12.8 Å². The quantitative estimate of drug-likeness (QED) is 0.0988. The van der Waals surface area contributed by atoms with Crippen LogP contribution in [0.5, 0.6) is 17.2 Å². The Morgan fingerprint density at radius 2 is 1.51 bits per heavy atom. The summed E-state index contributed by atoms with van der Waals surface area (Å²) in [4.78, 5) is 38.8. The third-order valence-corrected chi connectivity index (χ3v) is 6.15. The summed E-state index contributed by atoms with van der Waals surface area (Å²) in [7, 11) is 1.31. The van der Waals surface area contributed by atoms with Gasteiger partial charge in [-0.1, -0.05) is 0 Å². The van der Waals surface area contributed by atoms with E-state index in [4.69, 9.17) is 25.4 Å². The van der Waals surface area contributed by atoms with Gasteiger partial charge in [0.1, 0.15) is 11.6 Å². The molecule has 222 valence electrons. The Bertz CT molecular complexity index is 1260. The number of hydrogen-bond donors (Lipinski definition) is 4. The van der Waals surface area contributed by atoms with Crippen LogP contribution in [0.25, 0.3) is 5.57 Å². The third kappa shape index (κ3) is 8.99. The van der Waals surface area contributed by atoms with Gasteiger partial charge in [0, 0.05) is 29.3 Å². The summed E-state index contributed by atoms with van der Waals surface area (Å²) in [5.41, 5.74) is 5.33. The van der Waals surface area contributed by atoms with Crippen molar-refractivity contribution in [3.63, 3.8) is 0 Å². The average molecular weight is 570 g/mol. The minimum absolute atomic E-state index is 0.0000146. The number of unbranched alkanes of at least 4 members (excludes halogenated alkanes) is 2. The molecule has 5 N–H and O–H groups in total. The number of carboxylic acids is 2. The van der Waals surface area contributed by atoms with Gasteiger partial charge in [0.25, 0.3) is 5.91 Å². The molecule has 11 heteroatoms. The molecule has 41 heavy (non-hydrogen) atoms. The van der Waals surface area contributed by atoms with Gasteiger partial charge in [-0.3, -0.25) is 10.2 Å². The minimum Gasteiger partial charge on any atom is -0.494 e. The van der Waals surface area contributed by atoms with Gasteiger partial charge in [0.05, 0.1) is 31.5 Å². The van der Waals surface area contributed by atoms with Crippen LogP contribution in [0.4, 0.5) is 0 Å². The lowest BCUT2D eigenvalue weighted by atomic mass is 9.95. The molecule has 0 atom stereocenters. The van der Waals surface area contributed by atoms with Crippen molar-refractivity contribution in [2.75, 3.05) is 20.3 Å². The van der Waals surface area contributed by atoms with Crippen molar-refractivity contribution in [2.24, 2.45) is 5.73 Å². The van der Waals surface area contributed by atoms with E-state index in [1.807, 2.05) is 27.7 Å². The number of rotatable bonds is 16. The summed E-state index contributed by atoms with van der Waals surface area (Å²) < 4.78 is 17.1. The number of amides is 1. The van der Waals surface area contributed by atoms with Crippen molar-refractivity contribution in [1.82, 2.24) is 4.90 Å². The summed E-state index contributed by atoms with van der Waals surface area (Å²) in [5, 5.41) is 26.7. The maximum Gasteiger partial charge on any atom is 0.336 e. The van der Waals surface area contributed by atoms with E-state index in [1.165, 1.54) is 19.2 Å². The highest BCUT2D eigenvalue weighted by molar-refractivity contribution is 6.23. The molecular formula is C30H39N3O8. The van der Waals surface area contributed by atoms with E-state index in [2.05, 4.69) is 0 Å². The number of ether oxygens (including phenoxy) is 3. The zero-order valence-electron chi connectivity index (χ0n) is 24.1. The number of benzene rings is 2. The molecule has 0 fully saturated rings. The number of carbonyl (C=O) groups excluding carboxylic acids is 1. The second kappa shape index (κ2) is 15.3. The molecule has 1 amide bonds. The number of carbonyl (C=O) groups is 3. The molecule has 2 rings (SSSR count). The third-order valence-electron chi connectivity index (χ3n) is 6.15. The standard InChI is InChI=1S/C30H39N3O8/c1-18(2)33(19(3)4)29(36)22-13-14-24(27(39-5)26(22)23(30(37)38)17-25(34)35)41-16-8-6-7-15-40-21-11-9-20(10-12-21)28(31)32/h9-14,17-19H,6-8,15-16H2,1-5H3,(H3,31,32)(H,34,35)(H,37,38). The monoisotopic (exact) mass is 569 g/mol. The Morgan fingerprint density at radius 1 is 0.927 bits per heavy atom. The maximum absolute atomic E-state index is 13.6. The summed E-state index contributed by atoms with van der Waals surface area (Å²) in [6, 6.07) is 9.52. The number of nitrogens with one attached hydrogen (secondary N) is 1. The highest BCUT2D eigenvalue weighted by Gasteiger charge is 2.31. The Morgan fingerprint density at radius 3 is 2.00 bits per heavy atom. The van der Waals surface area contributed by atoms with E-state index < -0.39 is 23.4 Å². The first kappa shape index (κ1) is 32.7. The number of nitrogens with zero attached hydrogens (tertiary/aromatic N) is 1. The fourth-order valence-corrected chi connectivity index (χ4v) is 4.38. The van der Waals surface area contributed by atoms with Crippen molar-refractivity contribution >= 4 is 29.3 Å². The fourth-order valence-electron chi connectivity index (χ4n) is 4.38. The van der Waals surface area contributed by atoms with Crippen molar-refractivity contribution in [2.45, 2.75) is 59.0 Å². The van der Waals surface area contributed by atoms with Gasteiger partial charge in [-0.25, -0.2) is 9.59 Å². The van der Waals surface area contributed by atoms with Crippen LogP contribution in [-0.2, 0) is 9.59 Å². The first-order valence-corrected chi connectivity index (χ1v) is 13.3. The predicted octanol–water partition coefficient (Wildman–Crippen LogP) is 4.42. The van der Waals surface area contributed by atoms with Crippen molar-refractivity contribution in [3.8, 4) is 17.2 Å². The fraction of sp³-hybridized carbons (Fsp3) is 0.400. The van der Waals surface area contributed by atoms with E-state index in [-0.39, 0.29) is 47.2 Å². The van der Waals surface area contributed by atoms with Gasteiger partial charge in [-0.15, -0.1) is 0 Å². The van der Waals surface area contributed by atoms with Crippen molar-refractivity contribution in [1.29, 1.82) is 5.41 Å². The lowest BCUT2D eigenvalue weighted by Crippen LogP contribution is -2.42. The van der Waals surface area contributed by atoms with Crippen LogP contribution in [0.15, 0.2) is 42.5 Å². The molecule has 0 aliphatic heterocycles. The molecule has 0 aliphatic carbocycles. The number of methoxy groups -OCH3 is 1. The molecule has 0 aromatic heterocycles. The van der Waals surface area contributed by atoms with Crippen LogP contribution in [0.2, 0.25) is 0 Å². The maximum atomic E-state index is 13.6. The molecule has 11 nitrogen and oxygen atoms in total. The summed E-state index contributed by atoms with van der Waals surface area (Å²) in [5.74, 6) is -2.62. The topological polar surface area (TPSA) is 172 Å². The molecule has 0 aliphatic rings. The van der Waals surface area contributed by atoms with Gasteiger partial charge < -0.3 is 35.1 Å². The summed E-state index contributed by atoms with van der Waals surface area (Å²) in [6.07, 6.45) is 2.72. The smallest absolute Gasteiger partial charge is 0.336 e. The molecule has 0 saturated carbocycles. The Balaban J connectivity index is 2.20. The molecule has 2 aromatic carbocycles. The molecule has 0 heterocycles. The largest absolute Gasteiger partial charge is 0.494 e. The number of nitrogens with two attached hydrogens (primary N) is 1. The van der Waals surface area contributed by atoms with Crippen LogP contribution in [0, 0.1) is 5.41 Å². The Hall–Kier alpha value is -4.54. The van der Waals surface area contributed by atoms with Gasteiger partial charge >= 0.3 is 11.9 Å². The Kier molecular flexibility index (Phi) is 12.2. The highest BCUT2D eigenvalue weighted by atomic mass is 16.5. The van der Waals surface area contributed by atoms with Crippen LogP contribution in [-0.4, -0.2) is 71.2 Å². The number of amidine groups is 1. The van der Waals surface area contributed by atoms with Gasteiger partial charge in [-0.2, -0.15) is 0 Å². The second-order valence-electron chi connectivity index (χ2n) is 9.82. The van der Waals surface area contributed by atoms with Gasteiger partial charge in [0.15, 0.2) is 11.5 Å². The van der Waals surface area contributed by atoms with Crippen LogP contribution >= 0.6 is 0 Å². The molecule has 0 saturated heterocycles. The lowest BCUT2D eigenvalue weighted by molar-refractivity contribution is -0.133. The molecule has 0 unspecified atom stereocenters. The normalized spacial score (nSPS) is 11.3. The zero-order valence-corrected chi connectivity index (χ0v) is 24.1. The first-order chi connectivity index (χ1) is 19.4. The molecule has 0 radical (unpaired) electrons. The zero-order chi connectivity index (χ0) is 30.7. The SMILES string of the molecule is COc1c(OCCCCCOc2ccc(C(=N)N)cc2)ccc(C(=O)N(C(C)C)C(C)C)c1C(=CC(=O)O)C(=O)O. The minimum atomic E-state index is -1.52. The van der Waals surface area contributed by atoms with Crippen LogP contribution in [0.1, 0.15) is 68.4 Å². The van der Waals surface area contributed by atoms with Gasteiger partial charge in [0.2, 0.25) is 0 Å². The first-order valence-electron chi connectivity index (χ1n) is 13.3. The molecule has 2 aromatic rings. The van der Waals surface area contributed by atoms with Crippen LogP contribution < -0.4 is 19.9 Å². The average Bonchev–Trinajstić information content (AvgIpc) is 2.90. The number of carboxylic acid groups (broad SMARTS) is 2. The van der Waals surface area contributed by atoms with Crippen molar-refractivity contribution in [3.05, 3.63) is 59.2 Å². The van der Waals surface area contributed by atoms with E-state index in [1.54, 1.807) is 29.2 Å². The second-order valence-corrected chi connectivity index (χ2v) is 9.82. The summed E-state index contributed by atoms with van der Waals surface area (Å²) in [6.45, 7) is 8.11. The molecule has 0 spiro atoms. The van der Waals surface area contributed by atoms with Gasteiger partial charge in [-0.05, 0) is 83.4 Å². The van der Waals surface area contributed by atoms with E-state index in [0.29, 0.717) is 30.4 Å². The van der Waals surface area contributed by atoms with E-state index >= 15 is 0 Å². The highest BCUT2D eigenvalue weighted by Crippen LogP contribution is 2.39. The molecule has 0 bridgehead atoms. The predicted molar refractivity (Wildman–Crippen MR) is 155 cm³/mol. The number of hydrogen-bond acceptors (Lipinski definition) is 7. The summed E-state index contributed by atoms with van der Waals surface area (Å²) >= 11 is 0. The number of aliphatic carboxylic acids is 2. The lowest BCUT2D eigenvalue weighted by Gasteiger charge is -2.32. The van der Waals surface area contributed by atoms with E-state index in [9.17, 15) is 24.6 Å². The van der Waals surface area contributed by atoms with Crippen molar-refractivity contribution < 1.29 is 38.8 Å². The molecular weight excluding hydrogens is 530 g/mol. The Labute approximate surface area is 240 Å². The number of nitrogen functional groups attached to an aromatic ring is 1.